The minimum atomic E-state index is -0.245. The van der Waals surface area contributed by atoms with Crippen molar-refractivity contribution in [3.63, 3.8) is 0 Å². The fourth-order valence-electron chi connectivity index (χ4n) is 3.37. The molecule has 0 unspecified atom stereocenters. The first kappa shape index (κ1) is 15.4. The van der Waals surface area contributed by atoms with Crippen LogP contribution in [0.3, 0.4) is 0 Å². The summed E-state index contributed by atoms with van der Waals surface area (Å²) in [5, 5.41) is 5.94. The Labute approximate surface area is 145 Å². The Kier molecular flexibility index (Phi) is 3.98. The van der Waals surface area contributed by atoms with Crippen molar-refractivity contribution in [3.8, 4) is 5.69 Å². The minimum Gasteiger partial charge on any atom is -0.348 e. The first-order valence-electron chi connectivity index (χ1n) is 8.46. The zero-order valence-electron chi connectivity index (χ0n) is 13.7. The normalized spacial score (nSPS) is 16.2. The average Bonchev–Trinajstić information content (AvgIpc) is 3.04. The number of hydrogen-bond acceptors (Lipinski definition) is 2. The second kappa shape index (κ2) is 6.43. The number of para-hydroxylation sites is 1. The Balaban J connectivity index is 1.50. The topological polar surface area (TPSA) is 66.9 Å². The van der Waals surface area contributed by atoms with E-state index in [1.165, 1.54) is 21.9 Å². The number of aromatic amines is 1. The number of aromatic nitrogens is 2. The first-order chi connectivity index (χ1) is 12.2. The zero-order valence-corrected chi connectivity index (χ0v) is 13.7. The number of rotatable bonds is 3. The molecule has 4 rings (SSSR count). The molecular formula is C20H19N3O2. The molecule has 0 saturated carbocycles. The third-order valence-corrected chi connectivity index (χ3v) is 4.66. The predicted molar refractivity (Wildman–Crippen MR) is 96.1 cm³/mol. The van der Waals surface area contributed by atoms with E-state index in [9.17, 15) is 9.59 Å². The van der Waals surface area contributed by atoms with Crippen LogP contribution in [0.2, 0.25) is 0 Å². The van der Waals surface area contributed by atoms with Gasteiger partial charge in [0.05, 0.1) is 5.69 Å². The second-order valence-electron chi connectivity index (χ2n) is 6.36. The van der Waals surface area contributed by atoms with E-state index in [1.54, 1.807) is 0 Å². The van der Waals surface area contributed by atoms with Crippen molar-refractivity contribution in [1.82, 2.24) is 15.1 Å². The maximum Gasteiger partial charge on any atom is 0.271 e. The smallest absolute Gasteiger partial charge is 0.271 e. The standard InChI is InChI=1S/C20H19N3O2/c24-19-13-18(22-23(19)17-8-2-1-3-9-17)20(25)21-16-11-10-14-6-4-5-7-15(14)12-16/h1-9,13,16,22H,10-12H2,(H,21,25)/t16-/m1/s1. The second-order valence-corrected chi connectivity index (χ2v) is 6.36. The molecule has 0 bridgehead atoms. The van der Waals surface area contributed by atoms with Gasteiger partial charge in [-0.25, -0.2) is 4.68 Å². The van der Waals surface area contributed by atoms with Crippen LogP contribution in [0.15, 0.2) is 65.5 Å². The van der Waals surface area contributed by atoms with Crippen molar-refractivity contribution in [2.45, 2.75) is 25.3 Å². The summed E-state index contributed by atoms with van der Waals surface area (Å²) >= 11 is 0. The lowest BCUT2D eigenvalue weighted by Crippen LogP contribution is -2.39. The molecule has 0 spiro atoms. The first-order valence-corrected chi connectivity index (χ1v) is 8.46. The van der Waals surface area contributed by atoms with Crippen LogP contribution in [-0.2, 0) is 12.8 Å². The number of aryl methyl sites for hydroxylation is 1. The van der Waals surface area contributed by atoms with Crippen LogP contribution in [0.25, 0.3) is 5.69 Å². The number of carbonyl (C=O) groups excluding carboxylic acids is 1. The Hall–Kier alpha value is -3.08. The molecule has 0 aliphatic heterocycles. The van der Waals surface area contributed by atoms with Crippen LogP contribution in [0.4, 0.5) is 0 Å². The van der Waals surface area contributed by atoms with Crippen LogP contribution >= 0.6 is 0 Å². The van der Waals surface area contributed by atoms with Gasteiger partial charge in [-0.05, 0) is 42.5 Å². The van der Waals surface area contributed by atoms with E-state index in [0.717, 1.165) is 19.3 Å². The molecule has 1 aliphatic carbocycles. The lowest BCUT2D eigenvalue weighted by atomic mass is 9.88. The van der Waals surface area contributed by atoms with Gasteiger partial charge in [-0.3, -0.25) is 14.7 Å². The highest BCUT2D eigenvalue weighted by atomic mass is 16.2. The summed E-state index contributed by atoms with van der Waals surface area (Å²) in [4.78, 5) is 24.7. The van der Waals surface area contributed by atoms with E-state index in [-0.39, 0.29) is 23.2 Å². The molecule has 0 fully saturated rings. The Morgan fingerprint density at radius 2 is 1.76 bits per heavy atom. The minimum absolute atomic E-state index is 0.0889. The van der Waals surface area contributed by atoms with Crippen molar-refractivity contribution in [3.05, 3.63) is 87.8 Å². The molecule has 1 atom stereocenters. The van der Waals surface area contributed by atoms with E-state index < -0.39 is 0 Å². The van der Waals surface area contributed by atoms with Crippen molar-refractivity contribution in [2.75, 3.05) is 0 Å². The molecule has 126 valence electrons. The molecule has 1 aliphatic rings. The molecular weight excluding hydrogens is 314 g/mol. The van der Waals surface area contributed by atoms with E-state index in [4.69, 9.17) is 0 Å². The molecule has 5 nitrogen and oxygen atoms in total. The van der Waals surface area contributed by atoms with Gasteiger partial charge in [-0.2, -0.15) is 0 Å². The fraction of sp³-hybridized carbons (Fsp3) is 0.200. The number of benzene rings is 2. The number of nitrogens with zero attached hydrogens (tertiary/aromatic N) is 1. The highest BCUT2D eigenvalue weighted by Gasteiger charge is 2.21. The highest BCUT2D eigenvalue weighted by Crippen LogP contribution is 2.21. The highest BCUT2D eigenvalue weighted by molar-refractivity contribution is 5.92. The van der Waals surface area contributed by atoms with Gasteiger partial charge in [0, 0.05) is 12.1 Å². The molecule has 0 saturated heterocycles. The Morgan fingerprint density at radius 3 is 2.56 bits per heavy atom. The third kappa shape index (κ3) is 3.13. The molecule has 1 amide bonds. The van der Waals surface area contributed by atoms with E-state index in [0.29, 0.717) is 5.69 Å². The van der Waals surface area contributed by atoms with Gasteiger partial charge in [0.15, 0.2) is 0 Å². The molecule has 2 N–H and O–H groups in total. The van der Waals surface area contributed by atoms with Crippen LogP contribution in [-0.4, -0.2) is 21.7 Å². The summed E-state index contributed by atoms with van der Waals surface area (Å²) in [6.45, 7) is 0. The number of carbonyl (C=O) groups is 1. The quantitative estimate of drug-likeness (QED) is 0.773. The van der Waals surface area contributed by atoms with Gasteiger partial charge in [-0.15, -0.1) is 0 Å². The average molecular weight is 333 g/mol. The van der Waals surface area contributed by atoms with Crippen molar-refractivity contribution in [2.24, 2.45) is 0 Å². The SMILES string of the molecule is O=C(N[C@@H]1CCc2ccccc2C1)c1cc(=O)n(-c2ccccc2)[nH]1. The van der Waals surface area contributed by atoms with Crippen molar-refractivity contribution in [1.29, 1.82) is 0 Å². The van der Waals surface area contributed by atoms with Crippen LogP contribution in [0, 0.1) is 0 Å². The monoisotopic (exact) mass is 333 g/mol. The van der Waals surface area contributed by atoms with E-state index >= 15 is 0 Å². The fourth-order valence-corrected chi connectivity index (χ4v) is 3.37. The molecule has 3 aromatic rings. The molecule has 1 aromatic heterocycles. The summed E-state index contributed by atoms with van der Waals surface area (Å²) < 4.78 is 1.38. The van der Waals surface area contributed by atoms with Crippen molar-refractivity contribution >= 4 is 5.91 Å². The largest absolute Gasteiger partial charge is 0.348 e. The van der Waals surface area contributed by atoms with Gasteiger partial charge < -0.3 is 5.32 Å². The van der Waals surface area contributed by atoms with Gasteiger partial charge in [0.1, 0.15) is 5.69 Å². The summed E-state index contributed by atoms with van der Waals surface area (Å²) in [5.41, 5.74) is 3.39. The summed E-state index contributed by atoms with van der Waals surface area (Å²) in [6, 6.07) is 19.0. The van der Waals surface area contributed by atoms with Gasteiger partial charge >= 0.3 is 0 Å². The van der Waals surface area contributed by atoms with Crippen LogP contribution in [0.1, 0.15) is 28.0 Å². The molecule has 1 heterocycles. The Bertz CT molecular complexity index is 956. The number of amides is 1. The van der Waals surface area contributed by atoms with Crippen LogP contribution in [0.5, 0.6) is 0 Å². The van der Waals surface area contributed by atoms with E-state index in [1.807, 2.05) is 36.4 Å². The molecule has 5 heteroatoms. The summed E-state index contributed by atoms with van der Waals surface area (Å²) in [5.74, 6) is -0.240. The number of fused-ring (bicyclic) bond motifs is 1. The van der Waals surface area contributed by atoms with Gasteiger partial charge in [-0.1, -0.05) is 42.5 Å². The van der Waals surface area contributed by atoms with Gasteiger partial charge in [0.25, 0.3) is 11.5 Å². The summed E-state index contributed by atoms with van der Waals surface area (Å²) in [7, 11) is 0. The number of H-pyrrole nitrogens is 1. The van der Waals surface area contributed by atoms with Crippen molar-refractivity contribution < 1.29 is 4.79 Å². The zero-order chi connectivity index (χ0) is 17.2. The maximum atomic E-state index is 12.5. The third-order valence-electron chi connectivity index (χ3n) is 4.66. The lowest BCUT2D eigenvalue weighted by molar-refractivity contribution is 0.0928. The Morgan fingerprint density at radius 1 is 1.04 bits per heavy atom. The molecule has 25 heavy (non-hydrogen) atoms. The van der Waals surface area contributed by atoms with Gasteiger partial charge in [0.2, 0.25) is 0 Å². The lowest BCUT2D eigenvalue weighted by Gasteiger charge is -2.25. The number of hydrogen-bond donors (Lipinski definition) is 2. The number of nitrogens with one attached hydrogen (secondary N) is 2. The van der Waals surface area contributed by atoms with Crippen LogP contribution < -0.4 is 10.9 Å². The molecule has 2 aromatic carbocycles. The molecule has 0 radical (unpaired) electrons. The van der Waals surface area contributed by atoms with E-state index in [2.05, 4.69) is 28.6 Å². The predicted octanol–water partition coefficient (Wildman–Crippen LogP) is 2.45. The maximum absolute atomic E-state index is 12.5. The summed E-state index contributed by atoms with van der Waals surface area (Å²) in [6.07, 6.45) is 2.70.